The highest BCUT2D eigenvalue weighted by Gasteiger charge is 2.34. The Morgan fingerprint density at radius 1 is 1.19 bits per heavy atom. The summed E-state index contributed by atoms with van der Waals surface area (Å²) in [6.07, 6.45) is 3.34. The topological polar surface area (TPSA) is 68.0 Å². The van der Waals surface area contributed by atoms with Crippen molar-refractivity contribution in [2.24, 2.45) is 5.73 Å². The lowest BCUT2D eigenvalue weighted by atomic mass is 9.98. The maximum absolute atomic E-state index is 12.0. The van der Waals surface area contributed by atoms with E-state index in [0.717, 1.165) is 44.5 Å². The van der Waals surface area contributed by atoms with Crippen molar-refractivity contribution in [3.63, 3.8) is 0 Å². The zero-order valence-corrected chi connectivity index (χ0v) is 17.1. The Hall–Kier alpha value is -1.21. The van der Waals surface area contributed by atoms with Crippen molar-refractivity contribution in [3.05, 3.63) is 28.2 Å². The van der Waals surface area contributed by atoms with Crippen LogP contribution in [0.1, 0.15) is 25.7 Å². The summed E-state index contributed by atoms with van der Waals surface area (Å²) in [4.78, 5) is 15.9. The number of halogens is 2. The van der Waals surface area contributed by atoms with E-state index < -0.39 is 0 Å². The number of benzene rings is 1. The average molecular weight is 416 g/mol. The molecule has 0 bridgehead atoms. The fourth-order valence-corrected chi connectivity index (χ4v) is 4.55. The molecule has 1 aromatic carbocycles. The molecule has 27 heavy (non-hydrogen) atoms. The van der Waals surface area contributed by atoms with Crippen LogP contribution in [0.25, 0.3) is 0 Å². The molecule has 0 spiro atoms. The number of anilines is 1. The van der Waals surface area contributed by atoms with E-state index in [-0.39, 0.29) is 24.3 Å². The zero-order valence-electron chi connectivity index (χ0n) is 15.6. The van der Waals surface area contributed by atoms with Crippen molar-refractivity contribution >= 4 is 35.0 Å². The van der Waals surface area contributed by atoms with Crippen LogP contribution in [-0.4, -0.2) is 62.5 Å². The van der Waals surface area contributed by atoms with Gasteiger partial charge in [0.2, 0.25) is 0 Å². The molecular formula is C19H27Cl2N3O3. The van der Waals surface area contributed by atoms with E-state index in [0.29, 0.717) is 23.2 Å². The number of carbonyl (C=O) groups is 1. The van der Waals surface area contributed by atoms with Gasteiger partial charge in [0.25, 0.3) is 0 Å². The largest absolute Gasteiger partial charge is 0.453 e. The number of hydrogen-bond acceptors (Lipinski definition) is 5. The highest BCUT2D eigenvalue weighted by atomic mass is 35.5. The van der Waals surface area contributed by atoms with Crippen LogP contribution in [0.3, 0.4) is 0 Å². The number of nitrogens with zero attached hydrogens (tertiary/aromatic N) is 2. The van der Waals surface area contributed by atoms with Crippen molar-refractivity contribution in [2.45, 2.75) is 43.9 Å². The summed E-state index contributed by atoms with van der Waals surface area (Å²) >= 11 is 12.6. The Balaban J connectivity index is 1.54. The average Bonchev–Trinajstić information content (AvgIpc) is 2.67. The van der Waals surface area contributed by atoms with Crippen LogP contribution in [0.15, 0.2) is 18.2 Å². The minimum Gasteiger partial charge on any atom is -0.453 e. The fourth-order valence-electron chi connectivity index (χ4n) is 3.92. The predicted molar refractivity (Wildman–Crippen MR) is 108 cm³/mol. The molecule has 0 radical (unpaired) electrons. The van der Waals surface area contributed by atoms with Gasteiger partial charge in [-0.15, -0.1) is 0 Å². The zero-order chi connectivity index (χ0) is 19.4. The van der Waals surface area contributed by atoms with Crippen LogP contribution in [0.2, 0.25) is 10.0 Å². The van der Waals surface area contributed by atoms with Gasteiger partial charge in [0, 0.05) is 25.7 Å². The molecule has 150 valence electrons. The van der Waals surface area contributed by atoms with Gasteiger partial charge in [-0.25, -0.2) is 4.79 Å². The van der Waals surface area contributed by atoms with Gasteiger partial charge in [-0.05, 0) is 37.8 Å². The highest BCUT2D eigenvalue weighted by Crippen LogP contribution is 2.35. The lowest BCUT2D eigenvalue weighted by molar-refractivity contribution is -0.0163. The molecule has 3 rings (SSSR count). The third kappa shape index (κ3) is 4.80. The summed E-state index contributed by atoms with van der Waals surface area (Å²) in [6, 6.07) is 5.35. The summed E-state index contributed by atoms with van der Waals surface area (Å²) in [5.41, 5.74) is 7.14. The lowest BCUT2D eigenvalue weighted by Gasteiger charge is -2.40. The first-order valence-electron chi connectivity index (χ1n) is 9.42. The van der Waals surface area contributed by atoms with Gasteiger partial charge in [0.05, 0.1) is 41.6 Å². The number of piperidine rings is 2. The van der Waals surface area contributed by atoms with E-state index in [9.17, 15) is 4.79 Å². The van der Waals surface area contributed by atoms with Crippen molar-refractivity contribution in [1.82, 2.24) is 4.90 Å². The van der Waals surface area contributed by atoms with Crippen molar-refractivity contribution in [1.29, 1.82) is 0 Å². The Labute approximate surface area is 170 Å². The molecule has 2 aliphatic rings. The van der Waals surface area contributed by atoms with Crippen LogP contribution in [0, 0.1) is 0 Å². The molecule has 2 atom stereocenters. The Morgan fingerprint density at radius 2 is 1.85 bits per heavy atom. The molecule has 2 fully saturated rings. The van der Waals surface area contributed by atoms with E-state index in [1.165, 1.54) is 7.11 Å². The van der Waals surface area contributed by atoms with Crippen molar-refractivity contribution in [2.75, 3.05) is 38.3 Å². The van der Waals surface area contributed by atoms with Crippen LogP contribution in [-0.2, 0) is 9.47 Å². The summed E-state index contributed by atoms with van der Waals surface area (Å²) < 4.78 is 11.0. The second-order valence-corrected chi connectivity index (χ2v) is 7.94. The Bertz CT molecular complexity index is 633. The van der Waals surface area contributed by atoms with Gasteiger partial charge in [0.1, 0.15) is 0 Å². The van der Waals surface area contributed by atoms with Gasteiger partial charge in [0.15, 0.2) is 0 Å². The van der Waals surface area contributed by atoms with Crippen LogP contribution < -0.4 is 10.6 Å². The van der Waals surface area contributed by atoms with E-state index in [4.69, 9.17) is 38.4 Å². The van der Waals surface area contributed by atoms with Crippen LogP contribution in [0.4, 0.5) is 10.5 Å². The molecule has 2 heterocycles. The SMILES string of the molecule is COC(=O)N1CCC[C@H](N)[C@@H]1COC1CCN(c2c(Cl)cccc2Cl)CC1. The molecule has 2 saturated heterocycles. The summed E-state index contributed by atoms with van der Waals surface area (Å²) in [7, 11) is 1.40. The normalized spacial score (nSPS) is 24.1. The van der Waals surface area contributed by atoms with Crippen LogP contribution >= 0.6 is 23.2 Å². The first-order valence-corrected chi connectivity index (χ1v) is 10.2. The third-order valence-corrected chi connectivity index (χ3v) is 6.05. The number of amides is 1. The standard InChI is InChI=1S/C19H27Cl2N3O3/c1-26-19(25)24-9-3-6-16(22)17(24)12-27-13-7-10-23(11-8-13)18-14(20)4-2-5-15(18)21/h2,4-5,13,16-17H,3,6-12,22H2,1H3/t16-,17-/m0/s1. The lowest BCUT2D eigenvalue weighted by Crippen LogP contribution is -2.56. The number of likely N-dealkylation sites (tertiary alicyclic amines) is 1. The van der Waals surface area contributed by atoms with Crippen LogP contribution in [0.5, 0.6) is 0 Å². The molecule has 6 nitrogen and oxygen atoms in total. The molecule has 0 saturated carbocycles. The van der Waals surface area contributed by atoms with E-state index in [1.54, 1.807) is 4.90 Å². The third-order valence-electron chi connectivity index (χ3n) is 5.44. The van der Waals surface area contributed by atoms with E-state index in [2.05, 4.69) is 4.90 Å². The number of methoxy groups -OCH3 is 1. The molecule has 2 aliphatic heterocycles. The van der Waals surface area contributed by atoms with Gasteiger partial charge in [-0.1, -0.05) is 29.3 Å². The van der Waals surface area contributed by atoms with E-state index >= 15 is 0 Å². The molecule has 0 unspecified atom stereocenters. The first-order chi connectivity index (χ1) is 13.0. The number of hydrogen-bond donors (Lipinski definition) is 1. The number of nitrogens with two attached hydrogens (primary N) is 1. The first kappa shape index (κ1) is 20.5. The van der Waals surface area contributed by atoms with Gasteiger partial charge < -0.3 is 25.0 Å². The smallest absolute Gasteiger partial charge is 0.409 e. The minimum atomic E-state index is -0.332. The van der Waals surface area contributed by atoms with E-state index in [1.807, 2.05) is 18.2 Å². The van der Waals surface area contributed by atoms with Crippen molar-refractivity contribution < 1.29 is 14.3 Å². The number of rotatable bonds is 4. The second kappa shape index (κ2) is 9.32. The number of carbonyl (C=O) groups excluding carboxylic acids is 1. The number of ether oxygens (including phenoxy) is 2. The summed E-state index contributed by atoms with van der Waals surface area (Å²) in [5, 5.41) is 1.34. The minimum absolute atomic E-state index is 0.0835. The van der Waals surface area contributed by atoms with Crippen molar-refractivity contribution in [3.8, 4) is 0 Å². The highest BCUT2D eigenvalue weighted by molar-refractivity contribution is 6.39. The summed E-state index contributed by atoms with van der Waals surface area (Å²) in [5.74, 6) is 0. The quantitative estimate of drug-likeness (QED) is 0.814. The molecular weight excluding hydrogens is 389 g/mol. The molecule has 0 aliphatic carbocycles. The van der Waals surface area contributed by atoms with Gasteiger partial charge >= 0.3 is 6.09 Å². The van der Waals surface area contributed by atoms with Gasteiger partial charge in [-0.2, -0.15) is 0 Å². The Kier molecular flexibility index (Phi) is 7.09. The maximum Gasteiger partial charge on any atom is 0.409 e. The van der Waals surface area contributed by atoms with Gasteiger partial charge in [-0.3, -0.25) is 0 Å². The maximum atomic E-state index is 12.0. The predicted octanol–water partition coefficient (Wildman–Crippen LogP) is 3.54. The summed E-state index contributed by atoms with van der Waals surface area (Å²) in [6.45, 7) is 2.75. The second-order valence-electron chi connectivity index (χ2n) is 7.13. The molecule has 8 heteroatoms. The Morgan fingerprint density at radius 3 is 2.48 bits per heavy atom. The molecule has 2 N–H and O–H groups in total. The molecule has 1 aromatic rings. The fraction of sp³-hybridized carbons (Fsp3) is 0.632. The monoisotopic (exact) mass is 415 g/mol. The molecule has 1 amide bonds. The number of para-hydroxylation sites is 1. The molecule has 0 aromatic heterocycles.